The number of aromatic nitrogens is 4. The van der Waals surface area contributed by atoms with Gasteiger partial charge in [0.25, 0.3) is 0 Å². The highest BCUT2D eigenvalue weighted by Gasteiger charge is 2.20. The van der Waals surface area contributed by atoms with Crippen molar-refractivity contribution < 1.29 is 4.42 Å². The second kappa shape index (κ2) is 15.4. The van der Waals surface area contributed by atoms with Gasteiger partial charge in [0, 0.05) is 43.8 Å². The molecule has 308 valence electrons. The van der Waals surface area contributed by atoms with E-state index in [-0.39, 0.29) is 0 Å². The zero-order valence-corrected chi connectivity index (χ0v) is 35.6. The van der Waals surface area contributed by atoms with Crippen molar-refractivity contribution in [2.75, 3.05) is 0 Å². The number of hydrogen-bond donors (Lipinski definition) is 0. The average Bonchev–Trinajstić information content (AvgIpc) is 3.93. The van der Waals surface area contributed by atoms with Gasteiger partial charge in [0.15, 0.2) is 17.5 Å². The van der Waals surface area contributed by atoms with E-state index in [1.165, 1.54) is 21.5 Å². The first kappa shape index (κ1) is 37.6. The van der Waals surface area contributed by atoms with E-state index in [1.54, 1.807) is 0 Å². The molecule has 3 aromatic heterocycles. The van der Waals surface area contributed by atoms with Gasteiger partial charge < -0.3 is 8.98 Å². The summed E-state index contributed by atoms with van der Waals surface area (Å²) in [4.78, 5) is 15.7. The fourth-order valence-corrected chi connectivity index (χ4v) is 9.56. The summed E-state index contributed by atoms with van der Waals surface area (Å²) in [7, 11) is 0. The molecule has 13 aromatic rings. The largest absolute Gasteiger partial charge is 0.456 e. The van der Waals surface area contributed by atoms with Gasteiger partial charge in [-0.3, -0.25) is 0 Å². The Kier molecular flexibility index (Phi) is 8.78. The lowest BCUT2D eigenvalue weighted by Crippen LogP contribution is -2.02. The molecular formula is C61H38N4O. The van der Waals surface area contributed by atoms with E-state index in [2.05, 4.69) is 211 Å². The number of fused-ring (bicyclic) bond motifs is 7. The van der Waals surface area contributed by atoms with Crippen LogP contribution in [0.15, 0.2) is 235 Å². The summed E-state index contributed by atoms with van der Waals surface area (Å²) in [5.74, 6) is 1.79. The second-order valence-electron chi connectivity index (χ2n) is 16.8. The lowest BCUT2D eigenvalue weighted by molar-refractivity contribution is 0.669. The third kappa shape index (κ3) is 6.44. The van der Waals surface area contributed by atoms with Crippen molar-refractivity contribution in [1.29, 1.82) is 0 Å². The van der Waals surface area contributed by atoms with E-state index in [0.29, 0.717) is 17.5 Å². The van der Waals surface area contributed by atoms with Gasteiger partial charge in [0.2, 0.25) is 0 Å². The van der Waals surface area contributed by atoms with E-state index < -0.39 is 0 Å². The topological polar surface area (TPSA) is 56.7 Å². The normalized spacial score (nSPS) is 11.6. The molecule has 13 rings (SSSR count). The monoisotopic (exact) mass is 842 g/mol. The highest BCUT2D eigenvalue weighted by atomic mass is 16.3. The van der Waals surface area contributed by atoms with Crippen molar-refractivity contribution >= 4 is 54.5 Å². The molecule has 0 aliphatic heterocycles. The summed E-state index contributed by atoms with van der Waals surface area (Å²) in [6.07, 6.45) is 0. The van der Waals surface area contributed by atoms with Crippen LogP contribution >= 0.6 is 0 Å². The van der Waals surface area contributed by atoms with Crippen molar-refractivity contribution in [1.82, 2.24) is 19.5 Å². The molecule has 0 atom stereocenters. The molecule has 3 heterocycles. The van der Waals surface area contributed by atoms with Gasteiger partial charge in [-0.2, -0.15) is 0 Å². The highest BCUT2D eigenvalue weighted by Crippen LogP contribution is 2.41. The Morgan fingerprint density at radius 2 is 0.773 bits per heavy atom. The first-order valence-corrected chi connectivity index (χ1v) is 22.2. The minimum atomic E-state index is 0.583. The van der Waals surface area contributed by atoms with Gasteiger partial charge in [-0.1, -0.05) is 176 Å². The number of benzene rings is 10. The van der Waals surface area contributed by atoms with Gasteiger partial charge >= 0.3 is 0 Å². The number of hydrogen-bond acceptors (Lipinski definition) is 4. The molecule has 0 aliphatic rings. The van der Waals surface area contributed by atoms with Crippen molar-refractivity contribution in [2.45, 2.75) is 0 Å². The summed E-state index contributed by atoms with van der Waals surface area (Å²) >= 11 is 0. The van der Waals surface area contributed by atoms with E-state index in [9.17, 15) is 0 Å². The SMILES string of the molecule is c1ccc(-c2ccc(-c3nc(-c4ccc(-c5ccccc5)cc4)nc(-c4ccc(-n5c6ccccc6c6cc7ccccc7cc65)c(-c5ccc6c(c5)oc5ccccc56)c4)n3)cc2)cc1. The zero-order valence-electron chi connectivity index (χ0n) is 35.6. The van der Waals surface area contributed by atoms with E-state index in [1.807, 2.05) is 24.3 Å². The quantitative estimate of drug-likeness (QED) is 0.160. The minimum absolute atomic E-state index is 0.583. The van der Waals surface area contributed by atoms with Crippen molar-refractivity contribution in [3.63, 3.8) is 0 Å². The molecule has 0 fully saturated rings. The zero-order chi connectivity index (χ0) is 43.6. The predicted molar refractivity (Wildman–Crippen MR) is 272 cm³/mol. The van der Waals surface area contributed by atoms with E-state index in [0.717, 1.165) is 88.7 Å². The third-order valence-electron chi connectivity index (χ3n) is 12.9. The van der Waals surface area contributed by atoms with Crippen molar-refractivity contribution in [3.8, 4) is 73.2 Å². The minimum Gasteiger partial charge on any atom is -0.456 e. The van der Waals surface area contributed by atoms with Crippen LogP contribution in [0.4, 0.5) is 0 Å². The van der Waals surface area contributed by atoms with Gasteiger partial charge in [-0.25, -0.2) is 15.0 Å². The maximum atomic E-state index is 6.51. The molecule has 5 nitrogen and oxygen atoms in total. The van der Waals surface area contributed by atoms with Crippen molar-refractivity contribution in [2.24, 2.45) is 0 Å². The second-order valence-corrected chi connectivity index (χ2v) is 16.8. The lowest BCUT2D eigenvalue weighted by Gasteiger charge is -2.16. The average molecular weight is 843 g/mol. The molecule has 0 bridgehead atoms. The van der Waals surface area contributed by atoms with Gasteiger partial charge in [0.05, 0.1) is 16.7 Å². The Morgan fingerprint density at radius 3 is 1.44 bits per heavy atom. The molecule has 0 saturated carbocycles. The number of furan rings is 1. The third-order valence-corrected chi connectivity index (χ3v) is 12.9. The van der Waals surface area contributed by atoms with Gasteiger partial charge in [0.1, 0.15) is 11.2 Å². The van der Waals surface area contributed by atoms with Crippen LogP contribution in [0.2, 0.25) is 0 Å². The van der Waals surface area contributed by atoms with Crippen LogP contribution in [-0.4, -0.2) is 19.5 Å². The van der Waals surface area contributed by atoms with Crippen LogP contribution in [-0.2, 0) is 0 Å². The Morgan fingerprint density at radius 1 is 0.288 bits per heavy atom. The predicted octanol–water partition coefficient (Wildman–Crippen LogP) is 16.0. The molecule has 10 aromatic carbocycles. The molecule has 0 unspecified atom stereocenters. The summed E-state index contributed by atoms with van der Waals surface area (Å²) < 4.78 is 8.92. The molecule has 5 heteroatoms. The molecular weight excluding hydrogens is 805 g/mol. The van der Waals surface area contributed by atoms with Crippen LogP contribution in [0.1, 0.15) is 0 Å². The highest BCUT2D eigenvalue weighted by molar-refractivity contribution is 6.14. The molecule has 0 saturated heterocycles. The molecule has 66 heavy (non-hydrogen) atoms. The van der Waals surface area contributed by atoms with Crippen LogP contribution in [0.5, 0.6) is 0 Å². The maximum absolute atomic E-state index is 6.51. The van der Waals surface area contributed by atoms with E-state index >= 15 is 0 Å². The first-order chi connectivity index (χ1) is 32.7. The number of nitrogens with zero attached hydrogens (tertiary/aromatic N) is 4. The van der Waals surface area contributed by atoms with Gasteiger partial charge in [-0.05, 0) is 93.2 Å². The standard InChI is InChI=1S/C61H38N4O/c1-3-13-39(14-4-1)41-23-27-43(28-24-41)59-62-60(44-29-25-42(26-30-44)40-15-5-2-6-16-40)64-61(63-59)48-32-34-55(52(36-48)47-31-33-51-50-20-10-12-22-57(50)66-58(51)38-47)65-54-21-11-9-19-49(54)53-35-45-17-7-8-18-46(45)37-56(53)65/h1-38H. The molecule has 0 aliphatic carbocycles. The summed E-state index contributed by atoms with van der Waals surface area (Å²) in [5, 5.41) is 6.99. The summed E-state index contributed by atoms with van der Waals surface area (Å²) in [6.45, 7) is 0. The first-order valence-electron chi connectivity index (χ1n) is 22.2. The van der Waals surface area contributed by atoms with Crippen LogP contribution in [0.25, 0.3) is 128 Å². The fraction of sp³-hybridized carbons (Fsp3) is 0. The molecule has 0 N–H and O–H groups in total. The molecule has 0 radical (unpaired) electrons. The summed E-state index contributed by atoms with van der Waals surface area (Å²) in [5.41, 5.74) is 14.3. The number of para-hydroxylation sites is 2. The lowest BCUT2D eigenvalue weighted by atomic mass is 9.98. The fourth-order valence-electron chi connectivity index (χ4n) is 9.56. The Labute approximate surface area is 380 Å². The smallest absolute Gasteiger partial charge is 0.164 e. The number of rotatable bonds is 7. The van der Waals surface area contributed by atoms with E-state index in [4.69, 9.17) is 19.4 Å². The maximum Gasteiger partial charge on any atom is 0.164 e. The van der Waals surface area contributed by atoms with Crippen molar-refractivity contribution in [3.05, 3.63) is 231 Å². The van der Waals surface area contributed by atoms with Crippen LogP contribution in [0.3, 0.4) is 0 Å². The Balaban J connectivity index is 1.03. The van der Waals surface area contributed by atoms with Crippen LogP contribution in [0, 0.1) is 0 Å². The summed E-state index contributed by atoms with van der Waals surface area (Å²) in [6, 6.07) is 81.2. The Hall–Kier alpha value is -8.93. The van der Waals surface area contributed by atoms with Gasteiger partial charge in [-0.15, -0.1) is 0 Å². The molecule has 0 spiro atoms. The van der Waals surface area contributed by atoms with Crippen LogP contribution < -0.4 is 0 Å². The Bertz CT molecular complexity index is 3860. The molecule has 0 amide bonds.